The Morgan fingerprint density at radius 1 is 1.30 bits per heavy atom. The lowest BCUT2D eigenvalue weighted by Gasteiger charge is -2.32. The molecule has 1 atom stereocenters. The average molecular weight is 385 g/mol. The summed E-state index contributed by atoms with van der Waals surface area (Å²) in [4.78, 5) is 30.7. The maximum Gasteiger partial charge on any atom is 0.349 e. The van der Waals surface area contributed by atoms with Crippen molar-refractivity contribution >= 4 is 28.5 Å². The lowest BCUT2D eigenvalue weighted by atomic mass is 10.1. The zero-order valence-corrected chi connectivity index (χ0v) is 15.2. The number of ether oxygens (including phenoxy) is 1. The van der Waals surface area contributed by atoms with E-state index in [1.165, 1.54) is 6.20 Å². The van der Waals surface area contributed by atoms with Crippen LogP contribution in [0.1, 0.15) is 23.2 Å². The summed E-state index contributed by atoms with van der Waals surface area (Å²) in [6, 6.07) is 10.4. The van der Waals surface area contributed by atoms with Crippen molar-refractivity contribution in [1.29, 1.82) is 0 Å². The number of nitrogens with zero attached hydrogens (tertiary/aromatic N) is 2. The van der Waals surface area contributed by atoms with Crippen LogP contribution in [0.25, 0.3) is 11.0 Å². The molecule has 4 rings (SSSR count). The highest BCUT2D eigenvalue weighted by Gasteiger charge is 2.28. The lowest BCUT2D eigenvalue weighted by Crippen LogP contribution is -2.45. The van der Waals surface area contributed by atoms with Gasteiger partial charge in [-0.25, -0.2) is 4.79 Å². The number of carbonyl (C=O) groups is 1. The number of hydrogen-bond acceptors (Lipinski definition) is 5. The van der Waals surface area contributed by atoms with Crippen molar-refractivity contribution in [2.75, 3.05) is 13.1 Å². The second kappa shape index (κ2) is 7.40. The van der Waals surface area contributed by atoms with Gasteiger partial charge < -0.3 is 14.1 Å². The molecule has 0 aliphatic carbocycles. The number of rotatable bonds is 3. The molecule has 1 aliphatic heterocycles. The van der Waals surface area contributed by atoms with Crippen LogP contribution in [-0.4, -0.2) is 35.0 Å². The number of piperidine rings is 1. The highest BCUT2D eigenvalue weighted by molar-refractivity contribution is 6.31. The van der Waals surface area contributed by atoms with Crippen LogP contribution in [-0.2, 0) is 0 Å². The molecule has 7 heteroatoms. The van der Waals surface area contributed by atoms with Crippen molar-refractivity contribution < 1.29 is 13.9 Å². The molecule has 138 valence electrons. The van der Waals surface area contributed by atoms with Gasteiger partial charge in [0.15, 0.2) is 0 Å². The number of aromatic nitrogens is 1. The highest BCUT2D eigenvalue weighted by atomic mass is 35.5. The largest absolute Gasteiger partial charge is 0.487 e. The normalized spacial score (nSPS) is 17.1. The van der Waals surface area contributed by atoms with E-state index in [0.717, 1.165) is 12.8 Å². The van der Waals surface area contributed by atoms with Gasteiger partial charge in [-0.15, -0.1) is 0 Å². The maximum absolute atomic E-state index is 12.9. The Morgan fingerprint density at radius 2 is 2.15 bits per heavy atom. The predicted molar refractivity (Wildman–Crippen MR) is 101 cm³/mol. The number of carbonyl (C=O) groups excluding carboxylic acids is 1. The number of halogens is 1. The van der Waals surface area contributed by atoms with Crippen LogP contribution in [0.3, 0.4) is 0 Å². The van der Waals surface area contributed by atoms with Gasteiger partial charge in [-0.05, 0) is 25.0 Å². The number of para-hydroxylation sites is 1. The summed E-state index contributed by atoms with van der Waals surface area (Å²) in [6.45, 7) is 0.943. The van der Waals surface area contributed by atoms with Crippen LogP contribution >= 0.6 is 11.6 Å². The summed E-state index contributed by atoms with van der Waals surface area (Å²) in [5.41, 5.74) is -0.124. The molecule has 0 unspecified atom stereocenters. The second-order valence-electron chi connectivity index (χ2n) is 6.42. The molecule has 0 N–H and O–H groups in total. The van der Waals surface area contributed by atoms with Crippen LogP contribution in [0.2, 0.25) is 5.02 Å². The van der Waals surface area contributed by atoms with E-state index in [1.807, 2.05) is 12.1 Å². The summed E-state index contributed by atoms with van der Waals surface area (Å²) in [5, 5.41) is 1.14. The van der Waals surface area contributed by atoms with Crippen LogP contribution < -0.4 is 10.4 Å². The van der Waals surface area contributed by atoms with Gasteiger partial charge in [0.05, 0.1) is 6.54 Å². The zero-order chi connectivity index (χ0) is 18.8. The van der Waals surface area contributed by atoms with E-state index in [1.54, 1.807) is 35.4 Å². The van der Waals surface area contributed by atoms with Gasteiger partial charge in [-0.1, -0.05) is 29.8 Å². The number of pyridine rings is 1. The first kappa shape index (κ1) is 17.5. The molecule has 1 aliphatic rings. The van der Waals surface area contributed by atoms with E-state index < -0.39 is 5.63 Å². The number of amides is 1. The van der Waals surface area contributed by atoms with E-state index in [0.29, 0.717) is 34.8 Å². The molecule has 0 radical (unpaired) electrons. The molecule has 1 saturated heterocycles. The van der Waals surface area contributed by atoms with Crippen LogP contribution in [0.4, 0.5) is 0 Å². The van der Waals surface area contributed by atoms with Crippen LogP contribution in [0, 0.1) is 0 Å². The number of benzene rings is 1. The van der Waals surface area contributed by atoms with E-state index in [-0.39, 0.29) is 17.6 Å². The Labute approximate surface area is 160 Å². The van der Waals surface area contributed by atoms with Crippen molar-refractivity contribution in [3.05, 3.63) is 69.8 Å². The molecular weight excluding hydrogens is 368 g/mol. The van der Waals surface area contributed by atoms with E-state index >= 15 is 0 Å². The van der Waals surface area contributed by atoms with Crippen molar-refractivity contribution in [3.8, 4) is 5.75 Å². The molecule has 3 heterocycles. The third-order valence-corrected chi connectivity index (χ3v) is 4.85. The fourth-order valence-electron chi connectivity index (χ4n) is 3.24. The van der Waals surface area contributed by atoms with Crippen molar-refractivity contribution in [2.24, 2.45) is 0 Å². The van der Waals surface area contributed by atoms with Gasteiger partial charge in [0.1, 0.15) is 28.0 Å². The second-order valence-corrected chi connectivity index (χ2v) is 6.83. The Balaban J connectivity index is 1.54. The minimum absolute atomic E-state index is 0.0382. The summed E-state index contributed by atoms with van der Waals surface area (Å²) in [6.07, 6.45) is 4.50. The first-order valence-electron chi connectivity index (χ1n) is 8.70. The van der Waals surface area contributed by atoms with E-state index in [4.69, 9.17) is 20.8 Å². The standard InChI is InChI=1S/C20H17ClN2O4/c21-16-11-22-8-7-18(16)26-14-5-3-9-23(12-14)19(24)15-10-13-4-1-2-6-17(13)27-20(15)25/h1-2,4,6-8,10-11,14H,3,5,9,12H2/t14-/m1/s1. The first-order chi connectivity index (χ1) is 13.1. The van der Waals surface area contributed by atoms with Crippen LogP contribution in [0.5, 0.6) is 5.75 Å². The molecule has 6 nitrogen and oxygen atoms in total. The Kier molecular flexibility index (Phi) is 4.81. The number of fused-ring (bicyclic) bond motifs is 1. The van der Waals surface area contributed by atoms with Gasteiger partial charge in [-0.3, -0.25) is 9.78 Å². The van der Waals surface area contributed by atoms with Crippen molar-refractivity contribution in [1.82, 2.24) is 9.88 Å². The minimum Gasteiger partial charge on any atom is -0.487 e. The summed E-state index contributed by atoms with van der Waals surface area (Å²) in [7, 11) is 0. The summed E-state index contributed by atoms with van der Waals surface area (Å²) >= 11 is 6.09. The maximum atomic E-state index is 12.9. The molecule has 0 saturated carbocycles. The van der Waals surface area contributed by atoms with E-state index in [2.05, 4.69) is 4.98 Å². The molecular formula is C20H17ClN2O4. The van der Waals surface area contributed by atoms with Gasteiger partial charge >= 0.3 is 5.63 Å². The molecule has 2 aromatic heterocycles. The SMILES string of the molecule is O=C(c1cc2ccccc2oc1=O)N1CCC[C@@H](Oc2ccncc2Cl)C1. The average Bonchev–Trinajstić information content (AvgIpc) is 2.69. The molecule has 1 aromatic carbocycles. The zero-order valence-electron chi connectivity index (χ0n) is 14.4. The minimum atomic E-state index is -0.626. The van der Waals surface area contributed by atoms with Gasteiger partial charge in [0.25, 0.3) is 5.91 Å². The monoisotopic (exact) mass is 384 g/mol. The first-order valence-corrected chi connectivity index (χ1v) is 9.08. The Bertz CT molecular complexity index is 1050. The highest BCUT2D eigenvalue weighted by Crippen LogP contribution is 2.26. The van der Waals surface area contributed by atoms with Gasteiger partial charge in [0, 0.05) is 30.4 Å². The molecule has 27 heavy (non-hydrogen) atoms. The molecule has 1 amide bonds. The third kappa shape index (κ3) is 3.66. The van der Waals surface area contributed by atoms with Gasteiger partial charge in [0.2, 0.25) is 0 Å². The fraction of sp³-hybridized carbons (Fsp3) is 0.250. The van der Waals surface area contributed by atoms with Crippen molar-refractivity contribution in [3.63, 3.8) is 0 Å². The smallest absolute Gasteiger partial charge is 0.349 e. The van der Waals surface area contributed by atoms with Crippen molar-refractivity contribution in [2.45, 2.75) is 18.9 Å². The van der Waals surface area contributed by atoms with Gasteiger partial charge in [-0.2, -0.15) is 0 Å². The predicted octanol–water partition coefficient (Wildman–Crippen LogP) is 3.53. The lowest BCUT2D eigenvalue weighted by molar-refractivity contribution is 0.0534. The summed E-state index contributed by atoms with van der Waals surface area (Å²) < 4.78 is 11.2. The molecule has 0 bridgehead atoms. The Hall–Kier alpha value is -2.86. The van der Waals surface area contributed by atoms with E-state index in [9.17, 15) is 9.59 Å². The number of hydrogen-bond donors (Lipinski definition) is 0. The number of likely N-dealkylation sites (tertiary alicyclic amines) is 1. The van der Waals surface area contributed by atoms with Crippen LogP contribution in [0.15, 0.2) is 58.0 Å². The molecule has 1 fully saturated rings. The fourth-order valence-corrected chi connectivity index (χ4v) is 3.40. The summed E-state index contributed by atoms with van der Waals surface area (Å²) in [5.74, 6) is 0.194. The topological polar surface area (TPSA) is 72.6 Å². The molecule has 3 aromatic rings. The third-order valence-electron chi connectivity index (χ3n) is 4.57. The quantitative estimate of drug-likeness (QED) is 0.646. The Morgan fingerprint density at radius 3 is 3.00 bits per heavy atom. The molecule has 0 spiro atoms.